The summed E-state index contributed by atoms with van der Waals surface area (Å²) in [7, 11) is 3.11. The van der Waals surface area contributed by atoms with Gasteiger partial charge in [-0.1, -0.05) is 18.2 Å². The molecule has 3 aromatic rings. The van der Waals surface area contributed by atoms with Crippen molar-refractivity contribution in [1.29, 1.82) is 0 Å². The molecule has 1 amide bonds. The lowest BCUT2D eigenvalue weighted by Crippen LogP contribution is -2.37. The number of anilines is 2. The first-order chi connectivity index (χ1) is 18.9. The van der Waals surface area contributed by atoms with Crippen molar-refractivity contribution in [3.63, 3.8) is 0 Å². The van der Waals surface area contributed by atoms with Gasteiger partial charge in [0.2, 0.25) is 5.95 Å². The number of fused-ring (bicyclic) bond motifs is 2. The summed E-state index contributed by atoms with van der Waals surface area (Å²) in [6.45, 7) is 10.9. The zero-order valence-corrected chi connectivity index (χ0v) is 24.1. The number of carbonyl (C=O) groups excluding carboxylic acids is 2. The van der Waals surface area contributed by atoms with Gasteiger partial charge in [-0.25, -0.2) is 14.6 Å². The Morgan fingerprint density at radius 2 is 1.80 bits per heavy atom. The summed E-state index contributed by atoms with van der Waals surface area (Å²) in [6.07, 6.45) is -0.420. The maximum absolute atomic E-state index is 13.5. The van der Waals surface area contributed by atoms with Gasteiger partial charge in [0.05, 0.1) is 29.6 Å². The summed E-state index contributed by atoms with van der Waals surface area (Å²) in [5.41, 5.74) is 2.79. The van der Waals surface area contributed by atoms with Gasteiger partial charge in [0.15, 0.2) is 0 Å². The van der Waals surface area contributed by atoms with Crippen molar-refractivity contribution in [2.75, 3.05) is 30.4 Å². The molecule has 0 spiro atoms. The molecule has 0 radical (unpaired) electrons. The van der Waals surface area contributed by atoms with Crippen molar-refractivity contribution in [1.82, 2.24) is 14.9 Å². The van der Waals surface area contributed by atoms with Gasteiger partial charge in [-0.15, -0.1) is 0 Å². The van der Waals surface area contributed by atoms with E-state index in [9.17, 15) is 14.4 Å². The quantitative estimate of drug-likeness (QED) is 0.442. The van der Waals surface area contributed by atoms with E-state index in [0.29, 0.717) is 53.0 Å². The standard InChI is InChI=1S/C30H37N5O5/c1-16-12-19(17(2)31-23-11-9-8-10-18(23)27(37)40-30(3,4)5)24-20(13-16)26(36)34(6)28(32-24)35-14-21-22(15-35)25(21)33-29(38)39-7/h8-13,17,21-22,25,31H,14-15H2,1-7H3,(H,33,38)/t17?,21-,22+,25?. The first-order valence-corrected chi connectivity index (χ1v) is 13.6. The molecule has 40 heavy (non-hydrogen) atoms. The van der Waals surface area contributed by atoms with E-state index in [2.05, 4.69) is 15.5 Å². The van der Waals surface area contributed by atoms with Gasteiger partial charge in [0, 0.05) is 49.3 Å². The minimum Gasteiger partial charge on any atom is -0.456 e. The molecule has 10 heteroatoms. The van der Waals surface area contributed by atoms with Crippen LogP contribution in [0.4, 0.5) is 16.4 Å². The number of piperidine rings is 1. The molecule has 2 N–H and O–H groups in total. The zero-order valence-electron chi connectivity index (χ0n) is 24.1. The number of carbonyl (C=O) groups is 2. The normalized spacial score (nSPS) is 20.6. The van der Waals surface area contributed by atoms with Gasteiger partial charge in [-0.2, -0.15) is 0 Å². The molecule has 2 heterocycles. The monoisotopic (exact) mass is 547 g/mol. The van der Waals surface area contributed by atoms with Crippen molar-refractivity contribution < 1.29 is 19.1 Å². The average Bonchev–Trinajstić information content (AvgIpc) is 3.31. The number of alkyl carbamates (subject to hydrolysis) is 1. The van der Waals surface area contributed by atoms with Crippen LogP contribution in [0.15, 0.2) is 41.2 Å². The summed E-state index contributed by atoms with van der Waals surface area (Å²) in [4.78, 5) is 45.2. The summed E-state index contributed by atoms with van der Waals surface area (Å²) in [5, 5.41) is 6.90. The molecule has 1 saturated heterocycles. The van der Waals surface area contributed by atoms with Crippen molar-refractivity contribution >= 4 is 34.6 Å². The lowest BCUT2D eigenvalue weighted by Gasteiger charge is -2.25. The molecule has 1 saturated carbocycles. The van der Waals surface area contributed by atoms with E-state index < -0.39 is 17.7 Å². The lowest BCUT2D eigenvalue weighted by molar-refractivity contribution is 0.00705. The third-order valence-electron chi connectivity index (χ3n) is 7.66. The fourth-order valence-electron chi connectivity index (χ4n) is 5.68. The number of nitrogens with one attached hydrogen (secondary N) is 2. The Morgan fingerprint density at radius 3 is 2.45 bits per heavy atom. The third kappa shape index (κ3) is 5.22. The highest BCUT2D eigenvalue weighted by molar-refractivity contribution is 5.96. The maximum Gasteiger partial charge on any atom is 0.407 e. The molecule has 2 aromatic carbocycles. The van der Waals surface area contributed by atoms with Crippen LogP contribution < -0.4 is 21.1 Å². The van der Waals surface area contributed by atoms with Crippen molar-refractivity contribution in [2.24, 2.45) is 18.9 Å². The highest BCUT2D eigenvalue weighted by atomic mass is 16.6. The molecule has 2 aliphatic rings. The van der Waals surface area contributed by atoms with E-state index in [-0.39, 0.29) is 17.6 Å². The van der Waals surface area contributed by atoms with Crippen LogP contribution in [-0.4, -0.2) is 53.5 Å². The van der Waals surface area contributed by atoms with Crippen molar-refractivity contribution in [2.45, 2.75) is 52.3 Å². The highest BCUT2D eigenvalue weighted by Crippen LogP contribution is 2.46. The maximum atomic E-state index is 13.5. The molecule has 212 valence electrons. The van der Waals surface area contributed by atoms with Crippen LogP contribution in [0.25, 0.3) is 10.9 Å². The molecule has 5 rings (SSSR count). The summed E-state index contributed by atoms with van der Waals surface area (Å²) >= 11 is 0. The zero-order chi connectivity index (χ0) is 28.9. The Bertz CT molecular complexity index is 1530. The van der Waals surface area contributed by atoms with Crippen LogP contribution in [-0.2, 0) is 16.5 Å². The number of amides is 1. The second-order valence-corrected chi connectivity index (χ2v) is 11.8. The SMILES string of the molecule is COC(=O)NC1[C@H]2CN(c3nc4c(C(C)Nc5ccccc5C(=O)OC(C)(C)C)cc(C)cc4c(=O)n3C)C[C@@H]12. The predicted octanol–water partition coefficient (Wildman–Crippen LogP) is 4.16. The molecule has 4 atom stereocenters. The fourth-order valence-corrected chi connectivity index (χ4v) is 5.68. The van der Waals surface area contributed by atoms with E-state index in [4.69, 9.17) is 14.5 Å². The first-order valence-electron chi connectivity index (χ1n) is 13.6. The van der Waals surface area contributed by atoms with Crippen LogP contribution in [0, 0.1) is 18.8 Å². The fraction of sp³-hybridized carbons (Fsp3) is 0.467. The molecule has 1 aromatic heterocycles. The molecule has 1 aliphatic heterocycles. The van der Waals surface area contributed by atoms with Crippen molar-refractivity contribution in [3.05, 3.63) is 63.4 Å². The van der Waals surface area contributed by atoms with Crippen LogP contribution in [0.3, 0.4) is 0 Å². The van der Waals surface area contributed by atoms with Gasteiger partial charge in [0.25, 0.3) is 5.56 Å². The van der Waals surface area contributed by atoms with Crippen LogP contribution >= 0.6 is 0 Å². The van der Waals surface area contributed by atoms with Gasteiger partial charge in [-0.05, 0) is 58.4 Å². The molecule has 2 fully saturated rings. The largest absolute Gasteiger partial charge is 0.456 e. The Balaban J connectivity index is 1.46. The number of esters is 1. The van der Waals surface area contributed by atoms with E-state index in [1.54, 1.807) is 23.7 Å². The van der Waals surface area contributed by atoms with Gasteiger partial charge in [-0.3, -0.25) is 9.36 Å². The Kier molecular flexibility index (Phi) is 6.97. The van der Waals surface area contributed by atoms with E-state index in [1.807, 2.05) is 58.9 Å². The average molecular weight is 548 g/mol. The molecule has 10 nitrogen and oxygen atoms in total. The molecule has 2 unspecified atom stereocenters. The van der Waals surface area contributed by atoms with Crippen LogP contribution in [0.1, 0.15) is 55.2 Å². The van der Waals surface area contributed by atoms with E-state index in [0.717, 1.165) is 11.1 Å². The van der Waals surface area contributed by atoms with Crippen molar-refractivity contribution in [3.8, 4) is 0 Å². The molecule has 0 bridgehead atoms. The summed E-state index contributed by atoms with van der Waals surface area (Å²) in [5.74, 6) is 0.801. The number of para-hydroxylation sites is 1. The number of aryl methyl sites for hydroxylation is 1. The number of hydrogen-bond donors (Lipinski definition) is 2. The smallest absolute Gasteiger partial charge is 0.407 e. The number of rotatable bonds is 6. The van der Waals surface area contributed by atoms with E-state index >= 15 is 0 Å². The van der Waals surface area contributed by atoms with Gasteiger partial charge < -0.3 is 25.0 Å². The molecular formula is C30H37N5O5. The lowest BCUT2D eigenvalue weighted by atomic mass is 10.0. The first kappa shape index (κ1) is 27.5. The number of methoxy groups -OCH3 is 1. The third-order valence-corrected chi connectivity index (χ3v) is 7.66. The number of benzene rings is 2. The number of ether oxygens (including phenoxy) is 2. The minimum atomic E-state index is -0.617. The second kappa shape index (κ2) is 10.1. The Labute approximate surface area is 233 Å². The highest BCUT2D eigenvalue weighted by Gasteiger charge is 2.57. The van der Waals surface area contributed by atoms with Gasteiger partial charge >= 0.3 is 12.1 Å². The Hall–Kier alpha value is -4.08. The van der Waals surface area contributed by atoms with Gasteiger partial charge in [0.1, 0.15) is 5.60 Å². The molecule has 1 aliphatic carbocycles. The predicted molar refractivity (Wildman–Crippen MR) is 154 cm³/mol. The van der Waals surface area contributed by atoms with E-state index in [1.165, 1.54) is 7.11 Å². The minimum absolute atomic E-state index is 0.0914. The number of nitrogens with zero attached hydrogens (tertiary/aromatic N) is 3. The topological polar surface area (TPSA) is 115 Å². The number of aromatic nitrogens is 2. The van der Waals surface area contributed by atoms with Crippen LogP contribution in [0.2, 0.25) is 0 Å². The summed E-state index contributed by atoms with van der Waals surface area (Å²) < 4.78 is 12.0. The Morgan fingerprint density at radius 1 is 1.12 bits per heavy atom. The second-order valence-electron chi connectivity index (χ2n) is 11.8. The van der Waals surface area contributed by atoms with Crippen LogP contribution in [0.5, 0.6) is 0 Å². The molecular weight excluding hydrogens is 510 g/mol. The summed E-state index contributed by atoms with van der Waals surface area (Å²) in [6, 6.07) is 11.0. The number of hydrogen-bond acceptors (Lipinski definition) is 8.